The van der Waals surface area contributed by atoms with Crippen LogP contribution in [0.5, 0.6) is 5.75 Å². The molecule has 1 N–H and O–H groups in total. The van der Waals surface area contributed by atoms with E-state index in [2.05, 4.69) is 31.4 Å². The number of hydrogen-bond donors (Lipinski definition) is 1. The summed E-state index contributed by atoms with van der Waals surface area (Å²) in [7, 11) is 1.83. The smallest absolute Gasteiger partial charge is 0.272 e. The van der Waals surface area contributed by atoms with Crippen molar-refractivity contribution in [2.45, 2.75) is 13.3 Å². The van der Waals surface area contributed by atoms with Gasteiger partial charge in [0.1, 0.15) is 11.4 Å². The summed E-state index contributed by atoms with van der Waals surface area (Å²) in [4.78, 5) is 12.1. The van der Waals surface area contributed by atoms with Gasteiger partial charge in [0.25, 0.3) is 5.91 Å². The molecule has 0 aliphatic heterocycles. The number of aryl methyl sites for hydroxylation is 1. The van der Waals surface area contributed by atoms with Crippen LogP contribution in [-0.2, 0) is 20.3 Å². The number of benzene rings is 1. The van der Waals surface area contributed by atoms with Gasteiger partial charge in [0.15, 0.2) is 6.73 Å². The number of nitrogens with zero attached hydrogens (tertiary/aromatic N) is 4. The summed E-state index contributed by atoms with van der Waals surface area (Å²) in [6, 6.07) is 11.0. The molecule has 0 atom stereocenters. The van der Waals surface area contributed by atoms with Crippen LogP contribution in [0.25, 0.3) is 0 Å². The Morgan fingerprint density at radius 1 is 1.25 bits per heavy atom. The lowest BCUT2D eigenvalue weighted by molar-refractivity contribution is 0.0943. The molecular weight excluding hydrogens is 374 g/mol. The third kappa shape index (κ3) is 4.02. The lowest BCUT2D eigenvalue weighted by Gasteiger charge is -2.06. The summed E-state index contributed by atoms with van der Waals surface area (Å²) in [5, 5.41) is 11.1. The number of nitrogens with one attached hydrogen (secondary N) is 1. The van der Waals surface area contributed by atoms with Crippen molar-refractivity contribution >= 4 is 21.8 Å². The second-order valence-corrected chi connectivity index (χ2v) is 6.01. The molecule has 8 heteroatoms. The fraction of sp³-hybridized carbons (Fsp3) is 0.188. The van der Waals surface area contributed by atoms with Gasteiger partial charge in [-0.05, 0) is 36.4 Å². The van der Waals surface area contributed by atoms with E-state index < -0.39 is 0 Å². The quantitative estimate of drug-likeness (QED) is 0.701. The van der Waals surface area contributed by atoms with Crippen LogP contribution in [-0.4, -0.2) is 25.5 Å². The van der Waals surface area contributed by atoms with E-state index in [1.165, 1.54) is 0 Å². The number of ether oxygens (including phenoxy) is 1. The van der Waals surface area contributed by atoms with Crippen molar-refractivity contribution in [2.24, 2.45) is 7.05 Å². The normalized spacial score (nSPS) is 10.6. The SMILES string of the molecule is Cn1nccc1CNC(=O)c1ccn(COc2ccc(Br)cc2)n1. The average molecular weight is 390 g/mol. The van der Waals surface area contributed by atoms with Crippen molar-refractivity contribution in [3.63, 3.8) is 0 Å². The van der Waals surface area contributed by atoms with Gasteiger partial charge in [-0.1, -0.05) is 15.9 Å². The van der Waals surface area contributed by atoms with Crippen molar-refractivity contribution < 1.29 is 9.53 Å². The van der Waals surface area contributed by atoms with Crippen molar-refractivity contribution in [1.29, 1.82) is 0 Å². The first-order valence-electron chi connectivity index (χ1n) is 7.29. The molecular formula is C16H16BrN5O2. The van der Waals surface area contributed by atoms with Crippen molar-refractivity contribution in [1.82, 2.24) is 24.9 Å². The fourth-order valence-electron chi connectivity index (χ4n) is 2.06. The molecule has 2 aromatic heterocycles. The third-order valence-electron chi connectivity index (χ3n) is 3.40. The van der Waals surface area contributed by atoms with Crippen LogP contribution in [0.2, 0.25) is 0 Å². The summed E-state index contributed by atoms with van der Waals surface area (Å²) in [5.74, 6) is 0.495. The van der Waals surface area contributed by atoms with Crippen molar-refractivity contribution in [3.05, 3.63) is 64.7 Å². The number of rotatable bonds is 6. The van der Waals surface area contributed by atoms with E-state index in [0.29, 0.717) is 12.2 Å². The van der Waals surface area contributed by atoms with E-state index in [-0.39, 0.29) is 12.6 Å². The Morgan fingerprint density at radius 2 is 2.04 bits per heavy atom. The van der Waals surface area contributed by atoms with Crippen molar-refractivity contribution in [3.8, 4) is 5.75 Å². The molecule has 0 unspecified atom stereocenters. The minimum absolute atomic E-state index is 0.233. The number of hydrogen-bond acceptors (Lipinski definition) is 4. The minimum atomic E-state index is -0.237. The molecule has 3 rings (SSSR count). The Bertz CT molecular complexity index is 825. The Kier molecular flexibility index (Phi) is 4.95. The molecule has 1 aromatic carbocycles. The van der Waals surface area contributed by atoms with Crippen LogP contribution in [0.3, 0.4) is 0 Å². The van der Waals surface area contributed by atoms with Gasteiger partial charge in [0.2, 0.25) is 0 Å². The Labute approximate surface area is 147 Å². The molecule has 1 amide bonds. The van der Waals surface area contributed by atoms with E-state index >= 15 is 0 Å². The zero-order valence-electron chi connectivity index (χ0n) is 13.0. The first-order valence-corrected chi connectivity index (χ1v) is 8.08. The number of halogens is 1. The molecule has 3 aromatic rings. The third-order valence-corrected chi connectivity index (χ3v) is 3.93. The van der Waals surface area contributed by atoms with Crippen LogP contribution < -0.4 is 10.1 Å². The highest BCUT2D eigenvalue weighted by Crippen LogP contribution is 2.16. The fourth-order valence-corrected chi connectivity index (χ4v) is 2.33. The maximum absolute atomic E-state index is 12.1. The molecule has 0 spiro atoms. The molecule has 2 heterocycles. The maximum atomic E-state index is 12.1. The zero-order chi connectivity index (χ0) is 16.9. The molecule has 0 saturated heterocycles. The molecule has 7 nitrogen and oxygen atoms in total. The van der Waals surface area contributed by atoms with E-state index in [1.54, 1.807) is 27.8 Å². The van der Waals surface area contributed by atoms with Gasteiger partial charge in [-0.15, -0.1) is 0 Å². The predicted octanol–water partition coefficient (Wildman–Crippen LogP) is 2.35. The highest BCUT2D eigenvalue weighted by molar-refractivity contribution is 9.10. The largest absolute Gasteiger partial charge is 0.471 e. The van der Waals surface area contributed by atoms with Gasteiger partial charge in [0, 0.05) is 23.9 Å². The molecule has 0 aliphatic rings. The number of carbonyl (C=O) groups excluding carboxylic acids is 1. The van der Waals surface area contributed by atoms with E-state index in [0.717, 1.165) is 15.9 Å². The molecule has 0 radical (unpaired) electrons. The lowest BCUT2D eigenvalue weighted by Crippen LogP contribution is -2.24. The summed E-state index contributed by atoms with van der Waals surface area (Å²) < 4.78 is 9.88. The highest BCUT2D eigenvalue weighted by Gasteiger charge is 2.10. The standard InChI is InChI=1S/C16H16BrN5O2/c1-21-13(6-8-19-21)10-18-16(23)15-7-9-22(20-15)11-24-14-4-2-12(17)3-5-14/h2-9H,10-11H2,1H3,(H,18,23). The summed E-state index contributed by atoms with van der Waals surface area (Å²) in [6.07, 6.45) is 3.40. The molecule has 0 saturated carbocycles. The van der Waals surface area contributed by atoms with Gasteiger partial charge in [-0.25, -0.2) is 4.68 Å². The minimum Gasteiger partial charge on any atom is -0.471 e. The highest BCUT2D eigenvalue weighted by atomic mass is 79.9. The number of carbonyl (C=O) groups is 1. The van der Waals surface area contributed by atoms with Crippen LogP contribution in [0.1, 0.15) is 16.2 Å². The average Bonchev–Trinajstić information content (AvgIpc) is 3.21. The van der Waals surface area contributed by atoms with E-state index in [9.17, 15) is 4.79 Å². The number of amides is 1. The van der Waals surface area contributed by atoms with E-state index in [4.69, 9.17) is 4.74 Å². The van der Waals surface area contributed by atoms with Gasteiger partial charge in [-0.3, -0.25) is 9.48 Å². The first-order chi connectivity index (χ1) is 11.6. The first kappa shape index (κ1) is 16.3. The van der Waals surface area contributed by atoms with Crippen LogP contribution in [0.4, 0.5) is 0 Å². The maximum Gasteiger partial charge on any atom is 0.272 e. The van der Waals surface area contributed by atoms with Crippen molar-refractivity contribution in [2.75, 3.05) is 0 Å². The molecule has 0 aliphatic carbocycles. The van der Waals surface area contributed by atoms with Gasteiger partial charge in [0.05, 0.1) is 12.2 Å². The Morgan fingerprint density at radius 3 is 2.75 bits per heavy atom. The van der Waals surface area contributed by atoms with Gasteiger partial charge in [-0.2, -0.15) is 10.2 Å². The molecule has 124 valence electrons. The molecule has 0 bridgehead atoms. The molecule has 24 heavy (non-hydrogen) atoms. The summed E-state index contributed by atoms with van der Waals surface area (Å²) in [6.45, 7) is 0.633. The Hall–Kier alpha value is -2.61. The van der Waals surface area contributed by atoms with Crippen LogP contribution in [0, 0.1) is 0 Å². The summed E-state index contributed by atoms with van der Waals surface area (Å²) >= 11 is 3.37. The summed E-state index contributed by atoms with van der Waals surface area (Å²) in [5.41, 5.74) is 1.26. The Balaban J connectivity index is 1.53. The van der Waals surface area contributed by atoms with E-state index in [1.807, 2.05) is 37.4 Å². The van der Waals surface area contributed by atoms with Crippen LogP contribution in [0.15, 0.2) is 53.3 Å². The monoisotopic (exact) mass is 389 g/mol. The van der Waals surface area contributed by atoms with Gasteiger partial charge >= 0.3 is 0 Å². The second-order valence-electron chi connectivity index (χ2n) is 5.10. The second kappa shape index (κ2) is 7.31. The number of aromatic nitrogens is 4. The predicted molar refractivity (Wildman–Crippen MR) is 91.4 cm³/mol. The topological polar surface area (TPSA) is 74.0 Å². The zero-order valence-corrected chi connectivity index (χ0v) is 14.6. The lowest BCUT2D eigenvalue weighted by atomic mass is 10.3. The van der Waals surface area contributed by atoms with Crippen LogP contribution >= 0.6 is 15.9 Å². The molecule has 0 fully saturated rings. The van der Waals surface area contributed by atoms with Gasteiger partial charge < -0.3 is 10.1 Å².